The molecule has 0 unspecified atom stereocenters. The van der Waals surface area contributed by atoms with Crippen LogP contribution in [0.1, 0.15) is 20.3 Å². The highest BCUT2D eigenvalue weighted by Crippen LogP contribution is 2.36. The molecule has 0 aromatic rings. The summed E-state index contributed by atoms with van der Waals surface area (Å²) in [6.45, 7) is 3.81. The summed E-state index contributed by atoms with van der Waals surface area (Å²) >= 11 is 3.38. The predicted molar refractivity (Wildman–Crippen MR) is 43.2 cm³/mol. The van der Waals surface area contributed by atoms with Gasteiger partial charge in [0.2, 0.25) is 6.29 Å². The molecule has 1 aliphatic rings. The van der Waals surface area contributed by atoms with E-state index in [0.717, 1.165) is 0 Å². The van der Waals surface area contributed by atoms with Gasteiger partial charge in [0.25, 0.3) is 0 Å². The highest BCUT2D eigenvalue weighted by molar-refractivity contribution is 9.10. The van der Waals surface area contributed by atoms with E-state index in [2.05, 4.69) is 20.7 Å². The summed E-state index contributed by atoms with van der Waals surface area (Å²) in [4.78, 5) is 10.7. The molecule has 2 atom stereocenters. The topological polar surface area (TPSA) is 46.5 Å². The van der Waals surface area contributed by atoms with Crippen LogP contribution in [-0.2, 0) is 9.53 Å². The lowest BCUT2D eigenvalue weighted by molar-refractivity contribution is -0.156. The first-order valence-electron chi connectivity index (χ1n) is 3.47. The average molecular weight is 223 g/mol. The summed E-state index contributed by atoms with van der Waals surface area (Å²) in [6, 6.07) is 0. The number of aliphatic hydroxyl groups is 1. The molecule has 0 aromatic heterocycles. The van der Waals surface area contributed by atoms with Crippen LogP contribution in [0.5, 0.6) is 0 Å². The van der Waals surface area contributed by atoms with Gasteiger partial charge in [-0.3, -0.25) is 4.79 Å². The van der Waals surface area contributed by atoms with Crippen LogP contribution in [0.15, 0.2) is 0 Å². The van der Waals surface area contributed by atoms with Crippen LogP contribution in [0.2, 0.25) is 0 Å². The number of aliphatic hydroxyl groups excluding tert-OH is 1. The molecule has 0 bridgehead atoms. The maximum atomic E-state index is 10.7. The normalized spacial score (nSPS) is 32.2. The van der Waals surface area contributed by atoms with Crippen molar-refractivity contribution in [1.29, 1.82) is 0 Å². The van der Waals surface area contributed by atoms with Gasteiger partial charge in [0.05, 0.1) is 6.42 Å². The maximum Gasteiger partial charge on any atom is 0.308 e. The lowest BCUT2D eigenvalue weighted by atomic mass is 9.94. The monoisotopic (exact) mass is 222 g/mol. The van der Waals surface area contributed by atoms with Gasteiger partial charge in [0.15, 0.2) is 0 Å². The number of hydrogen-bond donors (Lipinski definition) is 1. The zero-order valence-electron chi connectivity index (χ0n) is 6.50. The summed E-state index contributed by atoms with van der Waals surface area (Å²) in [5, 5.41) is 9.22. The molecule has 0 aromatic carbocycles. The summed E-state index contributed by atoms with van der Waals surface area (Å²) in [5.74, 6) is -0.468. The van der Waals surface area contributed by atoms with E-state index in [4.69, 9.17) is 0 Å². The molecule has 1 saturated heterocycles. The van der Waals surface area contributed by atoms with Crippen molar-refractivity contribution in [2.75, 3.05) is 0 Å². The molecule has 0 radical (unpaired) electrons. The molecular weight excluding hydrogens is 212 g/mol. The Morgan fingerprint density at radius 2 is 2.27 bits per heavy atom. The fourth-order valence-electron chi connectivity index (χ4n) is 1.13. The molecular formula is C7H11BrO3. The molecule has 1 heterocycles. The van der Waals surface area contributed by atoms with Gasteiger partial charge in [-0.05, 0) is 13.8 Å². The third-order valence-electron chi connectivity index (χ3n) is 1.86. The Balaban J connectivity index is 2.67. The third kappa shape index (κ3) is 1.93. The van der Waals surface area contributed by atoms with Gasteiger partial charge >= 0.3 is 5.97 Å². The van der Waals surface area contributed by atoms with Gasteiger partial charge in [-0.2, -0.15) is 0 Å². The lowest BCUT2D eigenvalue weighted by Gasteiger charge is -2.24. The second-order valence-corrected chi connectivity index (χ2v) is 5.30. The van der Waals surface area contributed by atoms with E-state index in [1.54, 1.807) is 0 Å². The van der Waals surface area contributed by atoms with Gasteiger partial charge in [-0.1, -0.05) is 15.9 Å². The van der Waals surface area contributed by atoms with E-state index in [0.29, 0.717) is 6.42 Å². The van der Waals surface area contributed by atoms with E-state index >= 15 is 0 Å². The third-order valence-corrected chi connectivity index (χ3v) is 2.45. The zero-order valence-corrected chi connectivity index (χ0v) is 8.09. The van der Waals surface area contributed by atoms with E-state index in [-0.39, 0.29) is 16.2 Å². The van der Waals surface area contributed by atoms with Crippen LogP contribution < -0.4 is 0 Å². The molecule has 11 heavy (non-hydrogen) atoms. The fourth-order valence-corrected chi connectivity index (χ4v) is 1.52. The Labute approximate surface area is 73.9 Å². The summed E-state index contributed by atoms with van der Waals surface area (Å²) < 4.78 is 4.34. The second-order valence-electron chi connectivity index (χ2n) is 3.26. The minimum atomic E-state index is -0.947. The van der Waals surface area contributed by atoms with E-state index in [9.17, 15) is 9.90 Å². The predicted octanol–water partition coefficient (Wildman–Crippen LogP) is 1.04. The molecule has 0 aliphatic carbocycles. The number of carbonyl (C=O) groups excluding carboxylic acids is 1. The van der Waals surface area contributed by atoms with Crippen molar-refractivity contribution < 1.29 is 14.6 Å². The number of halogens is 1. The van der Waals surface area contributed by atoms with Crippen LogP contribution in [0.4, 0.5) is 0 Å². The first-order chi connectivity index (χ1) is 4.91. The van der Waals surface area contributed by atoms with Gasteiger partial charge < -0.3 is 9.84 Å². The summed E-state index contributed by atoms with van der Waals surface area (Å²) in [6.07, 6.45) is -0.656. The number of alkyl halides is 1. The Morgan fingerprint density at radius 1 is 1.73 bits per heavy atom. The van der Waals surface area contributed by atoms with Crippen LogP contribution >= 0.6 is 15.9 Å². The molecule has 3 nitrogen and oxygen atoms in total. The Kier molecular flexibility index (Phi) is 2.25. The molecule has 1 aliphatic heterocycles. The van der Waals surface area contributed by atoms with E-state index < -0.39 is 6.29 Å². The van der Waals surface area contributed by atoms with E-state index in [1.807, 2.05) is 13.8 Å². The molecule has 0 spiro atoms. The van der Waals surface area contributed by atoms with Crippen molar-refractivity contribution in [3.8, 4) is 0 Å². The van der Waals surface area contributed by atoms with Crippen LogP contribution in [0.25, 0.3) is 0 Å². The largest absolute Gasteiger partial charge is 0.436 e. The Hall–Kier alpha value is -0.0900. The highest BCUT2D eigenvalue weighted by atomic mass is 79.9. The number of rotatable bonds is 1. The average Bonchev–Trinajstić information content (AvgIpc) is 2.08. The fraction of sp³-hybridized carbons (Fsp3) is 0.857. The lowest BCUT2D eigenvalue weighted by Crippen LogP contribution is -2.30. The number of hydrogen-bond acceptors (Lipinski definition) is 3. The number of cyclic esters (lactones) is 1. The van der Waals surface area contributed by atoms with Gasteiger partial charge in [-0.15, -0.1) is 0 Å². The quantitative estimate of drug-likeness (QED) is 0.533. The van der Waals surface area contributed by atoms with E-state index in [1.165, 1.54) is 0 Å². The number of ether oxygens (including phenoxy) is 1. The van der Waals surface area contributed by atoms with Crippen molar-refractivity contribution in [2.45, 2.75) is 30.9 Å². The van der Waals surface area contributed by atoms with Gasteiger partial charge in [-0.25, -0.2) is 0 Å². The van der Waals surface area contributed by atoms with Crippen molar-refractivity contribution in [1.82, 2.24) is 0 Å². The standard InChI is InChI=1S/C7H11BrO3/c1-7(2,8)4-3-5(9)11-6(4)10/h4,6,10H,3H2,1-2H3/t4-,6-/m1/s1. The first kappa shape index (κ1) is 9.00. The highest BCUT2D eigenvalue weighted by Gasteiger charge is 2.42. The van der Waals surface area contributed by atoms with Crippen molar-refractivity contribution in [3.63, 3.8) is 0 Å². The Bertz CT molecular complexity index is 173. The smallest absolute Gasteiger partial charge is 0.308 e. The van der Waals surface area contributed by atoms with Gasteiger partial charge in [0.1, 0.15) is 0 Å². The summed E-state index contributed by atoms with van der Waals surface area (Å²) in [7, 11) is 0. The zero-order chi connectivity index (χ0) is 8.65. The van der Waals surface area contributed by atoms with Crippen LogP contribution in [0.3, 0.4) is 0 Å². The van der Waals surface area contributed by atoms with Crippen molar-refractivity contribution in [3.05, 3.63) is 0 Å². The molecule has 0 amide bonds. The molecule has 1 fully saturated rings. The molecule has 1 rings (SSSR count). The van der Waals surface area contributed by atoms with Crippen LogP contribution in [0, 0.1) is 5.92 Å². The SMILES string of the molecule is CC(C)(Br)[C@@H]1CC(=O)O[C@H]1O. The summed E-state index contributed by atoms with van der Waals surface area (Å²) in [5.41, 5.74) is 0. The minimum absolute atomic E-state index is 0.144. The molecule has 1 N–H and O–H groups in total. The molecule has 4 heteroatoms. The number of esters is 1. The molecule has 0 saturated carbocycles. The van der Waals surface area contributed by atoms with Crippen molar-refractivity contribution in [2.24, 2.45) is 5.92 Å². The van der Waals surface area contributed by atoms with Crippen LogP contribution in [-0.4, -0.2) is 21.7 Å². The molecule has 64 valence electrons. The minimum Gasteiger partial charge on any atom is -0.436 e. The Morgan fingerprint density at radius 3 is 2.45 bits per heavy atom. The first-order valence-corrected chi connectivity index (χ1v) is 4.27. The maximum absolute atomic E-state index is 10.7. The van der Waals surface area contributed by atoms with Crippen molar-refractivity contribution >= 4 is 21.9 Å². The van der Waals surface area contributed by atoms with Gasteiger partial charge in [0, 0.05) is 10.2 Å². The number of carbonyl (C=O) groups is 1. The second kappa shape index (κ2) is 2.75.